The molecule has 1 aliphatic rings. The third-order valence-corrected chi connectivity index (χ3v) is 4.63. The highest BCUT2D eigenvalue weighted by molar-refractivity contribution is 6.30. The molecule has 0 unspecified atom stereocenters. The Labute approximate surface area is 159 Å². The lowest BCUT2D eigenvalue weighted by Gasteiger charge is -2.09. The Morgan fingerprint density at radius 3 is 2.67 bits per heavy atom. The summed E-state index contributed by atoms with van der Waals surface area (Å²) >= 11 is 5.86. The van der Waals surface area contributed by atoms with Crippen molar-refractivity contribution in [3.63, 3.8) is 0 Å². The summed E-state index contributed by atoms with van der Waals surface area (Å²) in [5.41, 5.74) is 0.773. The van der Waals surface area contributed by atoms with E-state index in [9.17, 15) is 9.59 Å². The van der Waals surface area contributed by atoms with Gasteiger partial charge in [0.15, 0.2) is 5.82 Å². The molecule has 27 heavy (non-hydrogen) atoms. The van der Waals surface area contributed by atoms with Gasteiger partial charge in [0.1, 0.15) is 6.54 Å². The average Bonchev–Trinajstić information content (AvgIpc) is 3.40. The Bertz CT molecular complexity index is 1120. The van der Waals surface area contributed by atoms with Crippen molar-refractivity contribution >= 4 is 23.8 Å². The highest BCUT2D eigenvalue weighted by atomic mass is 35.5. The molecule has 0 bridgehead atoms. The van der Waals surface area contributed by atoms with Crippen molar-refractivity contribution in [1.82, 2.24) is 19.3 Å². The lowest BCUT2D eigenvalue weighted by molar-refractivity contribution is 0.363. The van der Waals surface area contributed by atoms with Crippen LogP contribution in [0.25, 0.3) is 12.2 Å². The molecule has 0 N–H and O–H groups in total. The van der Waals surface area contributed by atoms with E-state index in [0.717, 1.165) is 23.0 Å². The van der Waals surface area contributed by atoms with E-state index in [1.54, 1.807) is 35.9 Å². The smallest absolute Gasteiger partial charge is 0.331 e. The van der Waals surface area contributed by atoms with Crippen LogP contribution in [-0.4, -0.2) is 19.3 Å². The summed E-state index contributed by atoms with van der Waals surface area (Å²) in [5.74, 6) is 0.570. The Hall–Kier alpha value is -2.93. The van der Waals surface area contributed by atoms with Gasteiger partial charge in [-0.1, -0.05) is 35.0 Å². The summed E-state index contributed by atoms with van der Waals surface area (Å²) in [6, 6.07) is 7.50. The van der Waals surface area contributed by atoms with Crippen LogP contribution in [0.5, 0.6) is 0 Å². The van der Waals surface area contributed by atoms with Gasteiger partial charge in [-0.05, 0) is 43.5 Å². The molecule has 0 amide bonds. The van der Waals surface area contributed by atoms with Crippen LogP contribution in [0.2, 0.25) is 5.02 Å². The molecular weight excluding hydrogens is 368 g/mol. The fourth-order valence-electron chi connectivity index (χ4n) is 2.79. The first-order valence-corrected chi connectivity index (χ1v) is 8.98. The van der Waals surface area contributed by atoms with Crippen molar-refractivity contribution in [2.24, 2.45) is 0 Å². The van der Waals surface area contributed by atoms with Crippen molar-refractivity contribution in [2.45, 2.75) is 32.4 Å². The van der Waals surface area contributed by atoms with Crippen molar-refractivity contribution in [2.75, 3.05) is 0 Å². The molecule has 0 radical (unpaired) electrons. The number of nitrogens with zero attached hydrogens (tertiary/aromatic N) is 4. The van der Waals surface area contributed by atoms with Gasteiger partial charge in [0.05, 0.1) is 0 Å². The SMILES string of the molecule is Cc1cn(C2CC2)c(=O)n(Cc2nc(/C=C/c3ccc(Cl)cc3)no2)c1=O. The summed E-state index contributed by atoms with van der Waals surface area (Å²) in [5, 5.41) is 4.53. The molecule has 1 fully saturated rings. The van der Waals surface area contributed by atoms with Crippen LogP contribution in [0, 0.1) is 6.92 Å². The first-order chi connectivity index (χ1) is 13.0. The van der Waals surface area contributed by atoms with Crippen LogP contribution in [-0.2, 0) is 6.54 Å². The molecule has 4 rings (SSSR count). The molecule has 8 heteroatoms. The van der Waals surface area contributed by atoms with Crippen molar-refractivity contribution in [3.8, 4) is 0 Å². The van der Waals surface area contributed by atoms with Crippen molar-refractivity contribution in [1.29, 1.82) is 0 Å². The Balaban J connectivity index is 1.57. The van der Waals surface area contributed by atoms with Crippen LogP contribution < -0.4 is 11.2 Å². The number of hydrogen-bond donors (Lipinski definition) is 0. The summed E-state index contributed by atoms with van der Waals surface area (Å²) < 4.78 is 7.97. The van der Waals surface area contributed by atoms with Gasteiger partial charge in [-0.15, -0.1) is 0 Å². The molecule has 2 aromatic heterocycles. The minimum absolute atomic E-state index is 0.0478. The lowest BCUT2D eigenvalue weighted by atomic mass is 10.2. The van der Waals surface area contributed by atoms with Gasteiger partial charge < -0.3 is 4.52 Å². The van der Waals surface area contributed by atoms with E-state index in [1.165, 1.54) is 0 Å². The van der Waals surface area contributed by atoms with Crippen LogP contribution in [0.3, 0.4) is 0 Å². The predicted molar refractivity (Wildman–Crippen MR) is 102 cm³/mol. The largest absolute Gasteiger partial charge is 0.337 e. The molecule has 0 spiro atoms. The monoisotopic (exact) mass is 384 g/mol. The van der Waals surface area contributed by atoms with Crippen LogP contribution in [0.15, 0.2) is 44.6 Å². The third-order valence-electron chi connectivity index (χ3n) is 4.38. The number of benzene rings is 1. The number of aryl methyl sites for hydroxylation is 1. The van der Waals surface area contributed by atoms with Gasteiger partial charge >= 0.3 is 5.69 Å². The number of rotatable bonds is 5. The van der Waals surface area contributed by atoms with E-state index in [0.29, 0.717) is 16.4 Å². The van der Waals surface area contributed by atoms with Gasteiger partial charge in [-0.2, -0.15) is 4.98 Å². The number of halogens is 1. The van der Waals surface area contributed by atoms with Gasteiger partial charge in [-0.25, -0.2) is 4.79 Å². The Morgan fingerprint density at radius 2 is 1.96 bits per heavy atom. The second-order valence-electron chi connectivity index (χ2n) is 6.56. The van der Waals surface area contributed by atoms with E-state index in [4.69, 9.17) is 16.1 Å². The average molecular weight is 385 g/mol. The molecule has 0 atom stereocenters. The number of aromatic nitrogens is 4. The Morgan fingerprint density at radius 1 is 1.22 bits per heavy atom. The molecule has 2 heterocycles. The standard InChI is InChI=1S/C19H17ClN4O3/c1-12-10-23(15-7-8-15)19(26)24(18(12)25)11-17-21-16(22-27-17)9-4-13-2-5-14(20)6-3-13/h2-6,9-10,15H,7-8,11H2,1H3/b9-4+. The second-order valence-corrected chi connectivity index (χ2v) is 6.99. The van der Waals surface area contributed by atoms with E-state index >= 15 is 0 Å². The molecule has 138 valence electrons. The first-order valence-electron chi connectivity index (χ1n) is 8.60. The van der Waals surface area contributed by atoms with E-state index in [1.807, 2.05) is 18.2 Å². The highest BCUT2D eigenvalue weighted by Crippen LogP contribution is 2.33. The fraction of sp³-hybridized carbons (Fsp3) is 0.263. The predicted octanol–water partition coefficient (Wildman–Crippen LogP) is 2.91. The summed E-state index contributed by atoms with van der Waals surface area (Å²) in [7, 11) is 0. The van der Waals surface area contributed by atoms with Crippen molar-refractivity contribution < 1.29 is 4.52 Å². The van der Waals surface area contributed by atoms with Crippen LogP contribution in [0.1, 0.15) is 41.7 Å². The van der Waals surface area contributed by atoms with E-state index < -0.39 is 0 Å². The first kappa shape index (κ1) is 17.5. The molecule has 7 nitrogen and oxygen atoms in total. The molecule has 0 saturated heterocycles. The van der Waals surface area contributed by atoms with Crippen LogP contribution >= 0.6 is 11.6 Å². The second kappa shape index (κ2) is 7.00. The molecule has 3 aromatic rings. The molecule has 1 aliphatic carbocycles. The van der Waals surface area contributed by atoms with Crippen LogP contribution in [0.4, 0.5) is 0 Å². The summed E-state index contributed by atoms with van der Waals surface area (Å²) in [4.78, 5) is 29.2. The normalized spacial score (nSPS) is 14.1. The van der Waals surface area contributed by atoms with E-state index in [2.05, 4.69) is 10.1 Å². The molecule has 1 aromatic carbocycles. The van der Waals surface area contributed by atoms with Gasteiger partial charge in [0, 0.05) is 22.8 Å². The molecule has 0 aliphatic heterocycles. The Kier molecular flexibility index (Phi) is 4.53. The molecular formula is C19H17ClN4O3. The minimum Gasteiger partial charge on any atom is -0.337 e. The maximum Gasteiger partial charge on any atom is 0.331 e. The fourth-order valence-corrected chi connectivity index (χ4v) is 2.92. The maximum atomic E-state index is 12.6. The van der Waals surface area contributed by atoms with Gasteiger partial charge in [-0.3, -0.25) is 13.9 Å². The lowest BCUT2D eigenvalue weighted by Crippen LogP contribution is -2.40. The zero-order valence-electron chi connectivity index (χ0n) is 14.6. The van der Waals surface area contributed by atoms with E-state index in [-0.39, 0.29) is 29.7 Å². The number of hydrogen-bond acceptors (Lipinski definition) is 5. The van der Waals surface area contributed by atoms with Gasteiger partial charge in [0.25, 0.3) is 5.56 Å². The van der Waals surface area contributed by atoms with Crippen molar-refractivity contribution in [3.05, 3.63) is 79.2 Å². The third kappa shape index (κ3) is 3.78. The zero-order chi connectivity index (χ0) is 19.0. The van der Waals surface area contributed by atoms with Gasteiger partial charge in [0.2, 0.25) is 5.89 Å². The zero-order valence-corrected chi connectivity index (χ0v) is 15.4. The highest BCUT2D eigenvalue weighted by Gasteiger charge is 2.26. The topological polar surface area (TPSA) is 82.9 Å². The minimum atomic E-state index is -0.343. The molecule has 1 saturated carbocycles. The quantitative estimate of drug-likeness (QED) is 0.675. The summed E-state index contributed by atoms with van der Waals surface area (Å²) in [6.45, 7) is 1.65. The maximum absolute atomic E-state index is 12.6. The summed E-state index contributed by atoms with van der Waals surface area (Å²) in [6.07, 6.45) is 7.06.